The summed E-state index contributed by atoms with van der Waals surface area (Å²) in [4.78, 5) is 11.8. The van der Waals surface area contributed by atoms with Gasteiger partial charge in [0.1, 0.15) is 0 Å². The molecule has 0 aliphatic carbocycles. The van der Waals surface area contributed by atoms with Crippen molar-refractivity contribution < 1.29 is 4.79 Å². The molecule has 0 radical (unpaired) electrons. The lowest BCUT2D eigenvalue weighted by Gasteiger charge is -2.31. The number of hydrogen-bond acceptors (Lipinski definition) is 1. The highest BCUT2D eigenvalue weighted by molar-refractivity contribution is 5.83. The monoisotopic (exact) mass is 233 g/mol. The van der Waals surface area contributed by atoms with Crippen LogP contribution in [0.4, 0.5) is 0 Å². The fraction of sp³-hybridized carbons (Fsp3) is 0.533. The SMILES string of the molecule is CCc1cccc(C)c1C(C(N)=O)C(C)(C)C. The Bertz CT molecular complexity index is 415. The van der Waals surface area contributed by atoms with Gasteiger partial charge in [0.05, 0.1) is 5.92 Å². The van der Waals surface area contributed by atoms with Gasteiger partial charge in [-0.2, -0.15) is 0 Å². The number of rotatable bonds is 3. The Labute approximate surface area is 104 Å². The number of amides is 1. The summed E-state index contributed by atoms with van der Waals surface area (Å²) >= 11 is 0. The van der Waals surface area contributed by atoms with Gasteiger partial charge < -0.3 is 5.73 Å². The summed E-state index contributed by atoms with van der Waals surface area (Å²) in [7, 11) is 0. The van der Waals surface area contributed by atoms with Crippen molar-refractivity contribution in [2.45, 2.75) is 47.0 Å². The Morgan fingerprint density at radius 2 is 1.94 bits per heavy atom. The molecule has 1 unspecified atom stereocenters. The molecule has 0 saturated carbocycles. The first-order valence-corrected chi connectivity index (χ1v) is 6.16. The van der Waals surface area contributed by atoms with E-state index in [0.717, 1.165) is 17.5 Å². The number of carbonyl (C=O) groups excluding carboxylic acids is 1. The molecule has 0 aliphatic heterocycles. The smallest absolute Gasteiger partial charge is 0.225 e. The third-order valence-electron chi connectivity index (χ3n) is 3.23. The van der Waals surface area contributed by atoms with Gasteiger partial charge in [0.25, 0.3) is 0 Å². The van der Waals surface area contributed by atoms with Crippen molar-refractivity contribution in [3.63, 3.8) is 0 Å². The van der Waals surface area contributed by atoms with E-state index in [1.165, 1.54) is 5.56 Å². The number of hydrogen-bond donors (Lipinski definition) is 1. The minimum Gasteiger partial charge on any atom is -0.369 e. The summed E-state index contributed by atoms with van der Waals surface area (Å²) < 4.78 is 0. The van der Waals surface area contributed by atoms with Crippen molar-refractivity contribution in [1.82, 2.24) is 0 Å². The quantitative estimate of drug-likeness (QED) is 0.856. The molecule has 1 amide bonds. The molecule has 0 heterocycles. The molecule has 2 heteroatoms. The Balaban J connectivity index is 3.43. The number of benzene rings is 1. The van der Waals surface area contributed by atoms with Gasteiger partial charge in [-0.15, -0.1) is 0 Å². The topological polar surface area (TPSA) is 43.1 Å². The Hall–Kier alpha value is -1.31. The molecule has 1 aromatic rings. The van der Waals surface area contributed by atoms with Crippen LogP contribution in [0.5, 0.6) is 0 Å². The molecule has 2 nitrogen and oxygen atoms in total. The van der Waals surface area contributed by atoms with E-state index in [2.05, 4.69) is 46.8 Å². The molecule has 0 bridgehead atoms. The largest absolute Gasteiger partial charge is 0.369 e. The van der Waals surface area contributed by atoms with Crippen LogP contribution >= 0.6 is 0 Å². The average Bonchev–Trinajstić information content (AvgIpc) is 2.18. The molecule has 0 spiro atoms. The number of carbonyl (C=O) groups is 1. The van der Waals surface area contributed by atoms with Crippen LogP contribution in [0.1, 0.15) is 50.3 Å². The van der Waals surface area contributed by atoms with Crippen LogP contribution < -0.4 is 5.73 Å². The van der Waals surface area contributed by atoms with E-state index in [4.69, 9.17) is 5.73 Å². The summed E-state index contributed by atoms with van der Waals surface area (Å²) in [5.74, 6) is -0.458. The minimum atomic E-state index is -0.235. The molecule has 0 aromatic heterocycles. The summed E-state index contributed by atoms with van der Waals surface area (Å²) in [5.41, 5.74) is 8.96. The molecule has 94 valence electrons. The van der Waals surface area contributed by atoms with E-state index in [0.29, 0.717) is 0 Å². The van der Waals surface area contributed by atoms with E-state index in [1.54, 1.807) is 0 Å². The lowest BCUT2D eigenvalue weighted by atomic mass is 9.73. The summed E-state index contributed by atoms with van der Waals surface area (Å²) in [6, 6.07) is 6.18. The maximum atomic E-state index is 11.8. The first-order chi connectivity index (χ1) is 7.79. The highest BCUT2D eigenvalue weighted by Crippen LogP contribution is 2.38. The number of aryl methyl sites for hydroxylation is 2. The Morgan fingerprint density at radius 1 is 1.35 bits per heavy atom. The van der Waals surface area contributed by atoms with Crippen LogP contribution in [0.15, 0.2) is 18.2 Å². The van der Waals surface area contributed by atoms with Gasteiger partial charge in [0, 0.05) is 0 Å². The van der Waals surface area contributed by atoms with Crippen LogP contribution in [-0.4, -0.2) is 5.91 Å². The van der Waals surface area contributed by atoms with Crippen LogP contribution in [-0.2, 0) is 11.2 Å². The predicted octanol–water partition coefficient (Wildman–Crippen LogP) is 3.17. The van der Waals surface area contributed by atoms with E-state index >= 15 is 0 Å². The lowest BCUT2D eigenvalue weighted by Crippen LogP contribution is -2.33. The predicted molar refractivity (Wildman–Crippen MR) is 71.9 cm³/mol. The van der Waals surface area contributed by atoms with Crippen molar-refractivity contribution >= 4 is 5.91 Å². The van der Waals surface area contributed by atoms with Crippen LogP contribution in [0.3, 0.4) is 0 Å². The molecule has 1 atom stereocenters. The highest BCUT2D eigenvalue weighted by atomic mass is 16.1. The second-order valence-electron chi connectivity index (χ2n) is 5.70. The third-order valence-corrected chi connectivity index (χ3v) is 3.23. The molecular formula is C15H23NO. The van der Waals surface area contributed by atoms with Crippen LogP contribution in [0.2, 0.25) is 0 Å². The standard InChI is InChI=1S/C15H23NO/c1-6-11-9-7-8-10(2)12(11)13(14(16)17)15(3,4)5/h7-9,13H,6H2,1-5H3,(H2,16,17). The highest BCUT2D eigenvalue weighted by Gasteiger charge is 2.33. The first kappa shape index (κ1) is 13.8. The molecule has 2 N–H and O–H groups in total. The maximum absolute atomic E-state index is 11.8. The lowest BCUT2D eigenvalue weighted by molar-refractivity contribution is -0.121. The summed E-state index contributed by atoms with van der Waals surface area (Å²) in [6.07, 6.45) is 0.927. The molecule has 0 saturated heterocycles. The minimum absolute atomic E-state index is 0.151. The van der Waals surface area contributed by atoms with Crippen molar-refractivity contribution in [2.24, 2.45) is 11.1 Å². The van der Waals surface area contributed by atoms with E-state index in [-0.39, 0.29) is 17.2 Å². The zero-order valence-electron chi connectivity index (χ0n) is 11.5. The van der Waals surface area contributed by atoms with Gasteiger partial charge in [-0.1, -0.05) is 45.9 Å². The van der Waals surface area contributed by atoms with Gasteiger partial charge in [-0.3, -0.25) is 4.79 Å². The molecule has 17 heavy (non-hydrogen) atoms. The third kappa shape index (κ3) is 2.87. The zero-order valence-corrected chi connectivity index (χ0v) is 11.5. The van der Waals surface area contributed by atoms with Gasteiger partial charge in [0.15, 0.2) is 0 Å². The summed E-state index contributed by atoms with van der Waals surface area (Å²) in [5, 5.41) is 0. The number of primary amides is 1. The average molecular weight is 233 g/mol. The van der Waals surface area contributed by atoms with Crippen molar-refractivity contribution in [3.8, 4) is 0 Å². The molecular weight excluding hydrogens is 210 g/mol. The Kier molecular flexibility index (Phi) is 3.97. The van der Waals surface area contributed by atoms with Crippen LogP contribution in [0, 0.1) is 12.3 Å². The van der Waals surface area contributed by atoms with Crippen LogP contribution in [0.25, 0.3) is 0 Å². The fourth-order valence-electron chi connectivity index (χ4n) is 2.46. The van der Waals surface area contributed by atoms with Gasteiger partial charge in [-0.05, 0) is 35.4 Å². The zero-order chi connectivity index (χ0) is 13.2. The summed E-state index contributed by atoms with van der Waals surface area (Å²) in [6.45, 7) is 10.4. The van der Waals surface area contributed by atoms with E-state index < -0.39 is 0 Å². The van der Waals surface area contributed by atoms with Crippen molar-refractivity contribution in [3.05, 3.63) is 34.9 Å². The molecule has 0 fully saturated rings. The van der Waals surface area contributed by atoms with Crippen molar-refractivity contribution in [2.75, 3.05) is 0 Å². The maximum Gasteiger partial charge on any atom is 0.225 e. The second-order valence-corrected chi connectivity index (χ2v) is 5.70. The van der Waals surface area contributed by atoms with E-state index in [9.17, 15) is 4.79 Å². The first-order valence-electron chi connectivity index (χ1n) is 6.16. The molecule has 0 aliphatic rings. The van der Waals surface area contributed by atoms with E-state index in [1.807, 2.05) is 6.07 Å². The second kappa shape index (κ2) is 4.91. The van der Waals surface area contributed by atoms with Gasteiger partial charge in [0.2, 0.25) is 5.91 Å². The van der Waals surface area contributed by atoms with Crippen molar-refractivity contribution in [1.29, 1.82) is 0 Å². The molecule has 1 rings (SSSR count). The van der Waals surface area contributed by atoms with Gasteiger partial charge in [-0.25, -0.2) is 0 Å². The normalized spacial score (nSPS) is 13.5. The van der Waals surface area contributed by atoms with Gasteiger partial charge >= 0.3 is 0 Å². The Morgan fingerprint density at radius 3 is 2.35 bits per heavy atom. The fourth-order valence-corrected chi connectivity index (χ4v) is 2.46. The number of nitrogens with two attached hydrogens (primary N) is 1. The molecule has 1 aromatic carbocycles.